The third-order valence-corrected chi connectivity index (χ3v) is 2.95. The van der Waals surface area contributed by atoms with Crippen LogP contribution in [0.25, 0.3) is 0 Å². The van der Waals surface area contributed by atoms with Crippen LogP contribution in [0.4, 0.5) is 0 Å². The van der Waals surface area contributed by atoms with E-state index in [1.54, 1.807) is 6.20 Å². The summed E-state index contributed by atoms with van der Waals surface area (Å²) in [5.74, 6) is 5.67. The lowest BCUT2D eigenvalue weighted by Crippen LogP contribution is -2.31. The van der Waals surface area contributed by atoms with E-state index in [4.69, 9.17) is 5.84 Å². The van der Waals surface area contributed by atoms with Gasteiger partial charge in [-0.25, -0.2) is 0 Å². The molecule has 2 aromatic heterocycles. The molecule has 0 radical (unpaired) electrons. The molecule has 1 unspecified atom stereocenters. The molecule has 1 atom stereocenters. The predicted octanol–water partition coefficient (Wildman–Crippen LogP) is 1.35. The van der Waals surface area contributed by atoms with Crippen LogP contribution in [0.3, 0.4) is 0 Å². The summed E-state index contributed by atoms with van der Waals surface area (Å²) in [7, 11) is 0. The van der Waals surface area contributed by atoms with Gasteiger partial charge in [0.2, 0.25) is 0 Å². The Bertz CT molecular complexity index is 491. The van der Waals surface area contributed by atoms with Crippen molar-refractivity contribution in [1.29, 1.82) is 0 Å². The molecule has 0 aliphatic carbocycles. The zero-order valence-electron chi connectivity index (χ0n) is 10.8. The fourth-order valence-corrected chi connectivity index (χ4v) is 2.10. The summed E-state index contributed by atoms with van der Waals surface area (Å²) in [6, 6.07) is 6.11. The third-order valence-electron chi connectivity index (χ3n) is 2.95. The highest BCUT2D eigenvalue weighted by Crippen LogP contribution is 2.18. The lowest BCUT2D eigenvalue weighted by Gasteiger charge is -2.17. The molecule has 0 saturated heterocycles. The maximum absolute atomic E-state index is 5.67. The number of nitrogens with one attached hydrogen (secondary N) is 1. The van der Waals surface area contributed by atoms with Gasteiger partial charge in [0.25, 0.3) is 0 Å². The van der Waals surface area contributed by atoms with Crippen molar-refractivity contribution >= 4 is 0 Å². The van der Waals surface area contributed by atoms with Crippen molar-refractivity contribution in [3.8, 4) is 0 Å². The Labute approximate surface area is 107 Å². The fourth-order valence-electron chi connectivity index (χ4n) is 2.10. The molecule has 3 N–H and O–H groups in total. The third kappa shape index (κ3) is 2.75. The summed E-state index contributed by atoms with van der Waals surface area (Å²) in [5.41, 5.74) is 6.15. The van der Waals surface area contributed by atoms with Crippen LogP contribution in [0, 0.1) is 6.92 Å². The van der Waals surface area contributed by atoms with Gasteiger partial charge in [0.15, 0.2) is 0 Å². The SMILES string of the molecule is CCn1nc(C)cc1C(Cc1cccnc1)NN. The molecule has 96 valence electrons. The van der Waals surface area contributed by atoms with Crippen LogP contribution in [0.5, 0.6) is 0 Å². The summed E-state index contributed by atoms with van der Waals surface area (Å²) < 4.78 is 1.98. The van der Waals surface area contributed by atoms with Crippen molar-refractivity contribution in [3.05, 3.63) is 47.5 Å². The Morgan fingerprint density at radius 3 is 2.94 bits per heavy atom. The van der Waals surface area contributed by atoms with Gasteiger partial charge >= 0.3 is 0 Å². The number of pyridine rings is 1. The summed E-state index contributed by atoms with van der Waals surface area (Å²) in [5, 5.41) is 4.45. The molecule has 0 bridgehead atoms. The molecule has 18 heavy (non-hydrogen) atoms. The van der Waals surface area contributed by atoms with Crippen LogP contribution in [0.2, 0.25) is 0 Å². The van der Waals surface area contributed by atoms with Crippen LogP contribution in [-0.2, 0) is 13.0 Å². The molecule has 2 aromatic rings. The first-order valence-corrected chi connectivity index (χ1v) is 6.14. The van der Waals surface area contributed by atoms with Crippen molar-refractivity contribution < 1.29 is 0 Å². The molecule has 0 spiro atoms. The van der Waals surface area contributed by atoms with Crippen LogP contribution in [0.15, 0.2) is 30.6 Å². The van der Waals surface area contributed by atoms with Gasteiger partial charge in [-0.15, -0.1) is 0 Å². The lowest BCUT2D eigenvalue weighted by atomic mass is 10.1. The maximum Gasteiger partial charge on any atom is 0.0669 e. The molecule has 5 nitrogen and oxygen atoms in total. The van der Waals surface area contributed by atoms with Gasteiger partial charge in [-0.2, -0.15) is 5.10 Å². The van der Waals surface area contributed by atoms with Gasteiger partial charge in [-0.1, -0.05) is 6.07 Å². The van der Waals surface area contributed by atoms with E-state index < -0.39 is 0 Å². The second kappa shape index (κ2) is 5.75. The molecule has 0 aromatic carbocycles. The number of hydrazine groups is 1. The van der Waals surface area contributed by atoms with Gasteiger partial charge in [-0.3, -0.25) is 20.9 Å². The number of aryl methyl sites for hydroxylation is 2. The van der Waals surface area contributed by atoms with E-state index in [1.165, 1.54) is 0 Å². The van der Waals surface area contributed by atoms with Gasteiger partial charge in [0.1, 0.15) is 0 Å². The van der Waals surface area contributed by atoms with Gasteiger partial charge in [-0.05, 0) is 38.0 Å². The predicted molar refractivity (Wildman–Crippen MR) is 70.6 cm³/mol. The Hall–Kier alpha value is -1.72. The standard InChI is InChI=1S/C13H19N5/c1-3-18-13(7-10(2)17-18)12(16-14)8-11-5-4-6-15-9-11/h4-7,9,12,16H,3,8,14H2,1-2H3. The molecule has 0 aliphatic rings. The van der Waals surface area contributed by atoms with Gasteiger partial charge in [0.05, 0.1) is 17.4 Å². The molecular formula is C13H19N5. The second-order valence-corrected chi connectivity index (χ2v) is 4.31. The Balaban J connectivity index is 2.22. The van der Waals surface area contributed by atoms with E-state index in [1.807, 2.05) is 23.9 Å². The molecule has 0 fully saturated rings. The molecule has 0 aliphatic heterocycles. The maximum atomic E-state index is 5.67. The Morgan fingerprint density at radius 1 is 1.50 bits per heavy atom. The van der Waals surface area contributed by atoms with E-state index in [-0.39, 0.29) is 6.04 Å². The first-order valence-electron chi connectivity index (χ1n) is 6.14. The van der Waals surface area contributed by atoms with Crippen LogP contribution in [0.1, 0.15) is 29.9 Å². The van der Waals surface area contributed by atoms with E-state index in [0.29, 0.717) is 0 Å². The smallest absolute Gasteiger partial charge is 0.0669 e. The summed E-state index contributed by atoms with van der Waals surface area (Å²) in [4.78, 5) is 4.12. The molecule has 0 amide bonds. The number of hydrogen-bond donors (Lipinski definition) is 2. The first-order chi connectivity index (χ1) is 8.74. The first kappa shape index (κ1) is 12.7. The lowest BCUT2D eigenvalue weighted by molar-refractivity contribution is 0.489. The normalized spacial score (nSPS) is 12.6. The summed E-state index contributed by atoms with van der Waals surface area (Å²) in [6.07, 6.45) is 4.44. The average Bonchev–Trinajstić information content (AvgIpc) is 2.78. The minimum Gasteiger partial charge on any atom is -0.271 e. The van der Waals surface area contributed by atoms with Crippen molar-refractivity contribution in [1.82, 2.24) is 20.2 Å². The zero-order chi connectivity index (χ0) is 13.0. The van der Waals surface area contributed by atoms with E-state index >= 15 is 0 Å². The van der Waals surface area contributed by atoms with E-state index in [2.05, 4.69) is 34.6 Å². The molecule has 2 heterocycles. The quantitative estimate of drug-likeness (QED) is 0.616. The largest absolute Gasteiger partial charge is 0.271 e. The monoisotopic (exact) mass is 245 g/mol. The highest BCUT2D eigenvalue weighted by Gasteiger charge is 2.16. The molecular weight excluding hydrogens is 226 g/mol. The minimum atomic E-state index is 0.0513. The number of nitrogens with two attached hydrogens (primary N) is 1. The van der Waals surface area contributed by atoms with Crippen molar-refractivity contribution in [3.63, 3.8) is 0 Å². The second-order valence-electron chi connectivity index (χ2n) is 4.31. The van der Waals surface area contributed by atoms with Crippen LogP contribution < -0.4 is 11.3 Å². The number of rotatable bonds is 5. The highest BCUT2D eigenvalue weighted by atomic mass is 15.3. The van der Waals surface area contributed by atoms with Crippen molar-refractivity contribution in [2.24, 2.45) is 5.84 Å². The van der Waals surface area contributed by atoms with E-state index in [0.717, 1.165) is 29.9 Å². The number of hydrogen-bond acceptors (Lipinski definition) is 4. The average molecular weight is 245 g/mol. The van der Waals surface area contributed by atoms with Crippen molar-refractivity contribution in [2.45, 2.75) is 32.9 Å². The minimum absolute atomic E-state index is 0.0513. The number of aromatic nitrogens is 3. The number of nitrogens with zero attached hydrogens (tertiary/aromatic N) is 3. The highest BCUT2D eigenvalue weighted by molar-refractivity contribution is 5.18. The Kier molecular flexibility index (Phi) is 4.07. The Morgan fingerprint density at radius 2 is 2.33 bits per heavy atom. The van der Waals surface area contributed by atoms with Crippen LogP contribution >= 0.6 is 0 Å². The topological polar surface area (TPSA) is 68.8 Å². The zero-order valence-corrected chi connectivity index (χ0v) is 10.8. The van der Waals surface area contributed by atoms with Gasteiger partial charge in [0, 0.05) is 18.9 Å². The molecule has 0 saturated carbocycles. The fraction of sp³-hybridized carbons (Fsp3) is 0.385. The van der Waals surface area contributed by atoms with Crippen molar-refractivity contribution in [2.75, 3.05) is 0 Å². The molecule has 5 heteroatoms. The van der Waals surface area contributed by atoms with Gasteiger partial charge < -0.3 is 0 Å². The molecule has 2 rings (SSSR count). The van der Waals surface area contributed by atoms with Crippen LogP contribution in [-0.4, -0.2) is 14.8 Å². The van der Waals surface area contributed by atoms with E-state index in [9.17, 15) is 0 Å². The summed E-state index contributed by atoms with van der Waals surface area (Å²) >= 11 is 0. The summed E-state index contributed by atoms with van der Waals surface area (Å²) in [6.45, 7) is 4.91.